The normalized spacial score (nSPS) is 24.3. The molecule has 112 valence electrons. The van der Waals surface area contributed by atoms with Gasteiger partial charge in [0, 0.05) is 31.3 Å². The molecule has 1 aliphatic heterocycles. The Morgan fingerprint density at radius 3 is 2.37 bits per heavy atom. The summed E-state index contributed by atoms with van der Waals surface area (Å²) in [4.78, 5) is 16.7. The maximum atomic E-state index is 12.5. The number of aliphatic hydroxyl groups excluding tert-OH is 1. The average molecular weight is 270 g/mol. The van der Waals surface area contributed by atoms with Crippen LogP contribution in [0.2, 0.25) is 0 Å². The van der Waals surface area contributed by atoms with Crippen LogP contribution < -0.4 is 0 Å². The Hall–Kier alpha value is -0.610. The summed E-state index contributed by atoms with van der Waals surface area (Å²) in [6.07, 6.45) is 4.20. The van der Waals surface area contributed by atoms with Crippen LogP contribution in [0.3, 0.4) is 0 Å². The molecule has 19 heavy (non-hydrogen) atoms. The highest BCUT2D eigenvalue weighted by Gasteiger charge is 2.29. The summed E-state index contributed by atoms with van der Waals surface area (Å²) < 4.78 is 0. The number of hydrogen-bond acceptors (Lipinski definition) is 3. The van der Waals surface area contributed by atoms with Gasteiger partial charge in [-0.05, 0) is 53.4 Å². The van der Waals surface area contributed by atoms with Crippen LogP contribution in [0, 0.1) is 0 Å². The van der Waals surface area contributed by atoms with Gasteiger partial charge in [0.15, 0.2) is 0 Å². The molecule has 1 fully saturated rings. The van der Waals surface area contributed by atoms with Crippen molar-refractivity contribution in [1.29, 1.82) is 0 Å². The van der Waals surface area contributed by atoms with Gasteiger partial charge in [-0.25, -0.2) is 0 Å². The van der Waals surface area contributed by atoms with Gasteiger partial charge < -0.3 is 10.0 Å². The topological polar surface area (TPSA) is 43.8 Å². The molecule has 4 heteroatoms. The minimum Gasteiger partial charge on any atom is -0.396 e. The van der Waals surface area contributed by atoms with Crippen molar-refractivity contribution in [3.63, 3.8) is 0 Å². The highest BCUT2D eigenvalue weighted by Crippen LogP contribution is 2.22. The van der Waals surface area contributed by atoms with Crippen LogP contribution in [0.5, 0.6) is 0 Å². The van der Waals surface area contributed by atoms with Crippen LogP contribution in [0.25, 0.3) is 0 Å². The van der Waals surface area contributed by atoms with Gasteiger partial charge in [0.1, 0.15) is 0 Å². The number of likely N-dealkylation sites (tertiary alicyclic amines) is 1. The lowest BCUT2D eigenvalue weighted by atomic mass is 9.97. The standard InChI is InChI=1S/C15H30N2O2/c1-12(2)16(9-6-10-18)11-15(19)17-13(3)7-5-8-14(17)4/h12-14,18H,5-11H2,1-4H3. The van der Waals surface area contributed by atoms with E-state index in [0.29, 0.717) is 24.7 Å². The highest BCUT2D eigenvalue weighted by molar-refractivity contribution is 5.79. The van der Waals surface area contributed by atoms with Gasteiger partial charge in [0.25, 0.3) is 0 Å². The van der Waals surface area contributed by atoms with Gasteiger partial charge in [-0.3, -0.25) is 9.69 Å². The molecule has 0 aliphatic carbocycles. The van der Waals surface area contributed by atoms with E-state index in [-0.39, 0.29) is 12.5 Å². The number of nitrogens with zero attached hydrogens (tertiary/aromatic N) is 2. The van der Waals surface area contributed by atoms with E-state index in [1.807, 2.05) is 0 Å². The fourth-order valence-corrected chi connectivity index (χ4v) is 2.96. The van der Waals surface area contributed by atoms with E-state index in [1.165, 1.54) is 6.42 Å². The number of hydrogen-bond donors (Lipinski definition) is 1. The Bertz CT molecular complexity index is 271. The predicted molar refractivity (Wildman–Crippen MR) is 78.0 cm³/mol. The molecule has 1 aliphatic rings. The lowest BCUT2D eigenvalue weighted by molar-refractivity contribution is -0.139. The minimum absolute atomic E-state index is 0.188. The zero-order chi connectivity index (χ0) is 14.4. The quantitative estimate of drug-likeness (QED) is 0.801. The summed E-state index contributed by atoms with van der Waals surface area (Å²) in [5.74, 6) is 0.242. The van der Waals surface area contributed by atoms with Crippen LogP contribution in [0.4, 0.5) is 0 Å². The van der Waals surface area contributed by atoms with Gasteiger partial charge in [0.2, 0.25) is 5.91 Å². The minimum atomic E-state index is 0.188. The van der Waals surface area contributed by atoms with Gasteiger partial charge in [-0.15, -0.1) is 0 Å². The molecule has 1 rings (SSSR count). The second kappa shape index (κ2) is 7.85. The Morgan fingerprint density at radius 2 is 1.89 bits per heavy atom. The molecule has 0 aromatic carbocycles. The molecule has 1 N–H and O–H groups in total. The Kier molecular flexibility index (Phi) is 6.80. The Labute approximate surface area is 117 Å². The van der Waals surface area contributed by atoms with Gasteiger partial charge in [-0.1, -0.05) is 0 Å². The maximum absolute atomic E-state index is 12.5. The first-order valence-corrected chi connectivity index (χ1v) is 7.63. The molecule has 1 amide bonds. The fraction of sp³-hybridized carbons (Fsp3) is 0.933. The molecule has 1 heterocycles. The summed E-state index contributed by atoms with van der Waals surface area (Å²) in [5.41, 5.74) is 0. The third-order valence-electron chi connectivity index (χ3n) is 4.15. The van der Waals surface area contributed by atoms with Crippen LogP contribution in [-0.4, -0.2) is 58.6 Å². The zero-order valence-electron chi connectivity index (χ0n) is 12.9. The molecule has 0 saturated carbocycles. The monoisotopic (exact) mass is 270 g/mol. The van der Waals surface area contributed by atoms with E-state index in [4.69, 9.17) is 5.11 Å². The molecule has 0 aromatic heterocycles. The smallest absolute Gasteiger partial charge is 0.237 e. The molecular weight excluding hydrogens is 240 g/mol. The van der Waals surface area contributed by atoms with Crippen LogP contribution in [0.15, 0.2) is 0 Å². The molecule has 2 atom stereocenters. The number of rotatable bonds is 6. The number of piperidine rings is 1. The lowest BCUT2D eigenvalue weighted by Crippen LogP contribution is -2.52. The molecule has 1 saturated heterocycles. The molecular formula is C15H30N2O2. The van der Waals surface area contributed by atoms with Crippen molar-refractivity contribution in [3.8, 4) is 0 Å². The van der Waals surface area contributed by atoms with Crippen molar-refractivity contribution < 1.29 is 9.90 Å². The van der Waals surface area contributed by atoms with Crippen molar-refractivity contribution in [3.05, 3.63) is 0 Å². The lowest BCUT2D eigenvalue weighted by Gasteiger charge is -2.40. The number of aliphatic hydroxyl groups is 1. The number of amides is 1. The van der Waals surface area contributed by atoms with Gasteiger partial charge in [-0.2, -0.15) is 0 Å². The molecule has 0 bridgehead atoms. The molecule has 4 nitrogen and oxygen atoms in total. The van der Waals surface area contributed by atoms with Gasteiger partial charge >= 0.3 is 0 Å². The second-order valence-corrected chi connectivity index (χ2v) is 6.07. The van der Waals surface area contributed by atoms with Crippen molar-refractivity contribution in [2.24, 2.45) is 0 Å². The van der Waals surface area contributed by atoms with Gasteiger partial charge in [0.05, 0.1) is 6.54 Å². The number of carbonyl (C=O) groups is 1. The van der Waals surface area contributed by atoms with Crippen LogP contribution >= 0.6 is 0 Å². The number of carbonyl (C=O) groups excluding carboxylic acids is 1. The van der Waals surface area contributed by atoms with Crippen molar-refractivity contribution >= 4 is 5.91 Å². The average Bonchev–Trinajstić information content (AvgIpc) is 2.33. The van der Waals surface area contributed by atoms with E-state index in [0.717, 1.165) is 25.8 Å². The van der Waals surface area contributed by atoms with Crippen molar-refractivity contribution in [2.45, 2.75) is 71.5 Å². The summed E-state index contributed by atoms with van der Waals surface area (Å²) in [5, 5.41) is 8.94. The largest absolute Gasteiger partial charge is 0.396 e. The SMILES string of the molecule is CC(C)N(CCCO)CC(=O)N1C(C)CCCC1C. The second-order valence-electron chi connectivity index (χ2n) is 6.07. The third-order valence-corrected chi connectivity index (χ3v) is 4.15. The highest BCUT2D eigenvalue weighted by atomic mass is 16.3. The summed E-state index contributed by atoms with van der Waals surface area (Å²) >= 11 is 0. The summed E-state index contributed by atoms with van der Waals surface area (Å²) in [6, 6.07) is 1.07. The first kappa shape index (κ1) is 16.4. The van der Waals surface area contributed by atoms with E-state index in [2.05, 4.69) is 37.5 Å². The molecule has 0 aromatic rings. The first-order valence-electron chi connectivity index (χ1n) is 7.63. The maximum Gasteiger partial charge on any atom is 0.237 e. The third kappa shape index (κ3) is 4.77. The summed E-state index contributed by atoms with van der Waals surface area (Å²) in [6.45, 7) is 9.97. The predicted octanol–water partition coefficient (Wildman–Crippen LogP) is 1.87. The Morgan fingerprint density at radius 1 is 1.32 bits per heavy atom. The Balaban J connectivity index is 2.59. The van der Waals surface area contributed by atoms with E-state index in [1.54, 1.807) is 0 Å². The first-order chi connectivity index (χ1) is 8.97. The van der Waals surface area contributed by atoms with Crippen LogP contribution in [-0.2, 0) is 4.79 Å². The fourth-order valence-electron chi connectivity index (χ4n) is 2.96. The molecule has 0 radical (unpaired) electrons. The van der Waals surface area contributed by atoms with E-state index in [9.17, 15) is 4.79 Å². The van der Waals surface area contributed by atoms with E-state index >= 15 is 0 Å². The van der Waals surface area contributed by atoms with Crippen LogP contribution in [0.1, 0.15) is 53.4 Å². The molecule has 0 spiro atoms. The summed E-state index contributed by atoms with van der Waals surface area (Å²) in [7, 11) is 0. The molecule has 2 unspecified atom stereocenters. The zero-order valence-corrected chi connectivity index (χ0v) is 12.9. The van der Waals surface area contributed by atoms with E-state index < -0.39 is 0 Å². The van der Waals surface area contributed by atoms with Crippen molar-refractivity contribution in [1.82, 2.24) is 9.80 Å². The van der Waals surface area contributed by atoms with Crippen molar-refractivity contribution in [2.75, 3.05) is 19.7 Å².